The van der Waals surface area contributed by atoms with Crippen molar-refractivity contribution in [2.45, 2.75) is 6.61 Å². The molecular weight excluding hydrogens is 396 g/mol. The Kier molecular flexibility index (Phi) is 5.98. The lowest BCUT2D eigenvalue weighted by Gasteiger charge is -2.08. The lowest BCUT2D eigenvalue weighted by Crippen LogP contribution is -2.14. The van der Waals surface area contributed by atoms with Crippen LogP contribution in [0.4, 0.5) is 0 Å². The molecule has 0 atom stereocenters. The van der Waals surface area contributed by atoms with Crippen LogP contribution in [-0.4, -0.2) is 19.7 Å². The van der Waals surface area contributed by atoms with Crippen LogP contribution in [0.1, 0.15) is 5.56 Å². The fourth-order valence-electron chi connectivity index (χ4n) is 3.09. The van der Waals surface area contributed by atoms with Crippen molar-refractivity contribution in [3.63, 3.8) is 0 Å². The number of esters is 1. The Morgan fingerprint density at radius 1 is 0.935 bits per heavy atom. The first-order valence-corrected chi connectivity index (χ1v) is 9.66. The number of rotatable bonds is 7. The summed E-state index contributed by atoms with van der Waals surface area (Å²) >= 11 is 0. The van der Waals surface area contributed by atoms with Crippen molar-refractivity contribution in [1.29, 1.82) is 0 Å². The van der Waals surface area contributed by atoms with Gasteiger partial charge >= 0.3 is 5.97 Å². The molecule has 0 spiro atoms. The Labute approximate surface area is 178 Å². The van der Waals surface area contributed by atoms with Gasteiger partial charge in [-0.05, 0) is 35.4 Å². The van der Waals surface area contributed by atoms with Gasteiger partial charge < -0.3 is 18.6 Å². The van der Waals surface area contributed by atoms with Gasteiger partial charge in [-0.1, -0.05) is 42.5 Å². The molecule has 6 nitrogen and oxygen atoms in total. The van der Waals surface area contributed by atoms with Crippen LogP contribution in [0.5, 0.6) is 11.5 Å². The highest BCUT2D eigenvalue weighted by molar-refractivity contribution is 5.82. The highest BCUT2D eigenvalue weighted by Gasteiger charge is 2.11. The number of carbonyl (C=O) groups is 1. The Bertz CT molecular complexity index is 1240. The van der Waals surface area contributed by atoms with Crippen molar-refractivity contribution >= 4 is 16.9 Å². The predicted molar refractivity (Wildman–Crippen MR) is 116 cm³/mol. The van der Waals surface area contributed by atoms with Crippen LogP contribution >= 0.6 is 0 Å². The molecule has 0 saturated heterocycles. The predicted octanol–water partition coefficient (Wildman–Crippen LogP) is 4.59. The first kappa shape index (κ1) is 20.2. The van der Waals surface area contributed by atoms with E-state index in [9.17, 15) is 9.59 Å². The van der Waals surface area contributed by atoms with Crippen molar-refractivity contribution in [3.8, 4) is 22.6 Å². The summed E-state index contributed by atoms with van der Waals surface area (Å²) in [4.78, 5) is 24.8. The summed E-state index contributed by atoms with van der Waals surface area (Å²) in [5.41, 5.74) is 2.31. The van der Waals surface area contributed by atoms with E-state index in [1.807, 2.05) is 30.3 Å². The molecule has 0 fully saturated rings. The molecule has 0 radical (unpaired) electrons. The van der Waals surface area contributed by atoms with Crippen LogP contribution in [0.25, 0.3) is 22.1 Å². The van der Waals surface area contributed by atoms with Crippen LogP contribution in [0.2, 0.25) is 0 Å². The molecule has 0 aliphatic carbocycles. The van der Waals surface area contributed by atoms with E-state index in [1.165, 1.54) is 6.26 Å². The molecule has 0 bridgehead atoms. The summed E-state index contributed by atoms with van der Waals surface area (Å²) < 4.78 is 21.5. The van der Waals surface area contributed by atoms with Crippen LogP contribution in [-0.2, 0) is 16.1 Å². The van der Waals surface area contributed by atoms with Crippen LogP contribution in [0, 0.1) is 0 Å². The van der Waals surface area contributed by atoms with Gasteiger partial charge in [0, 0.05) is 6.07 Å². The van der Waals surface area contributed by atoms with Crippen molar-refractivity contribution in [3.05, 3.63) is 94.8 Å². The summed E-state index contributed by atoms with van der Waals surface area (Å²) in [5.74, 6) is 0.628. The average Bonchev–Trinajstić information content (AvgIpc) is 2.82. The van der Waals surface area contributed by atoms with Gasteiger partial charge in [0.2, 0.25) is 0 Å². The smallest absolute Gasteiger partial charge is 0.344 e. The zero-order valence-corrected chi connectivity index (χ0v) is 16.9. The zero-order valence-electron chi connectivity index (χ0n) is 16.9. The Hall–Kier alpha value is -4.06. The molecule has 0 N–H and O–H groups in total. The highest BCUT2D eigenvalue weighted by atomic mass is 16.6. The highest BCUT2D eigenvalue weighted by Crippen LogP contribution is 2.24. The lowest BCUT2D eigenvalue weighted by atomic mass is 10.1. The SMILES string of the molecule is COc1ccc(-c2coc3cc(OCC(=O)OCc4ccccc4)ccc3c2=O)cc1. The van der Waals surface area contributed by atoms with Crippen LogP contribution in [0.3, 0.4) is 0 Å². The van der Waals surface area contributed by atoms with Crippen molar-refractivity contribution in [1.82, 2.24) is 0 Å². The van der Waals surface area contributed by atoms with E-state index in [4.69, 9.17) is 18.6 Å². The third-order valence-corrected chi connectivity index (χ3v) is 4.75. The van der Waals surface area contributed by atoms with Gasteiger partial charge in [0.1, 0.15) is 30.0 Å². The van der Waals surface area contributed by atoms with Crippen molar-refractivity contribution in [2.75, 3.05) is 13.7 Å². The molecule has 156 valence electrons. The first-order chi connectivity index (χ1) is 15.1. The molecule has 4 aromatic rings. The maximum absolute atomic E-state index is 12.9. The van der Waals surface area contributed by atoms with Gasteiger partial charge in [0.25, 0.3) is 0 Å². The number of hydrogen-bond donors (Lipinski definition) is 0. The maximum atomic E-state index is 12.9. The van der Waals surface area contributed by atoms with E-state index in [1.54, 1.807) is 49.6 Å². The average molecular weight is 416 g/mol. The van der Waals surface area contributed by atoms with Gasteiger partial charge in [-0.25, -0.2) is 4.79 Å². The second-order valence-electron chi connectivity index (χ2n) is 6.80. The molecule has 1 aromatic heterocycles. The molecule has 0 saturated carbocycles. The molecule has 4 rings (SSSR count). The maximum Gasteiger partial charge on any atom is 0.344 e. The van der Waals surface area contributed by atoms with E-state index in [0.717, 1.165) is 11.1 Å². The van der Waals surface area contributed by atoms with E-state index in [2.05, 4.69) is 0 Å². The quantitative estimate of drug-likeness (QED) is 0.410. The third-order valence-electron chi connectivity index (χ3n) is 4.75. The number of ether oxygens (including phenoxy) is 3. The van der Waals surface area contributed by atoms with E-state index >= 15 is 0 Å². The summed E-state index contributed by atoms with van der Waals surface area (Å²) in [6.45, 7) is -0.0593. The molecule has 0 aliphatic rings. The summed E-state index contributed by atoms with van der Waals surface area (Å²) in [6, 6.07) is 21.4. The number of hydrogen-bond acceptors (Lipinski definition) is 6. The van der Waals surface area contributed by atoms with E-state index in [0.29, 0.717) is 28.0 Å². The minimum absolute atomic E-state index is 0.153. The van der Waals surface area contributed by atoms with Crippen molar-refractivity contribution < 1.29 is 23.4 Å². The summed E-state index contributed by atoms with van der Waals surface area (Å²) in [6.07, 6.45) is 1.42. The summed E-state index contributed by atoms with van der Waals surface area (Å²) in [5, 5.41) is 0.423. The van der Waals surface area contributed by atoms with Gasteiger partial charge in [0.15, 0.2) is 12.0 Å². The Morgan fingerprint density at radius 3 is 2.42 bits per heavy atom. The molecular formula is C25H20O6. The molecule has 31 heavy (non-hydrogen) atoms. The topological polar surface area (TPSA) is 75.0 Å². The van der Waals surface area contributed by atoms with Gasteiger partial charge in [-0.2, -0.15) is 0 Å². The number of carbonyl (C=O) groups excluding carboxylic acids is 1. The second-order valence-corrected chi connectivity index (χ2v) is 6.80. The molecule has 1 heterocycles. The normalized spacial score (nSPS) is 10.6. The number of benzene rings is 3. The molecule has 0 aliphatic heterocycles. The second kappa shape index (κ2) is 9.17. The summed E-state index contributed by atoms with van der Waals surface area (Å²) in [7, 11) is 1.59. The Morgan fingerprint density at radius 2 is 1.68 bits per heavy atom. The Balaban J connectivity index is 1.44. The zero-order chi connectivity index (χ0) is 21.6. The minimum atomic E-state index is -0.486. The van der Waals surface area contributed by atoms with Gasteiger partial charge in [-0.3, -0.25) is 4.79 Å². The minimum Gasteiger partial charge on any atom is -0.497 e. The van der Waals surface area contributed by atoms with Gasteiger partial charge in [0.05, 0.1) is 18.1 Å². The van der Waals surface area contributed by atoms with Crippen LogP contribution < -0.4 is 14.9 Å². The standard InChI is InChI=1S/C25H20O6/c1-28-19-9-7-18(8-10-19)22-15-30-23-13-20(11-12-21(23)25(22)27)29-16-24(26)31-14-17-5-3-2-4-6-17/h2-13,15H,14,16H2,1H3. The molecule has 3 aromatic carbocycles. The largest absolute Gasteiger partial charge is 0.497 e. The lowest BCUT2D eigenvalue weighted by molar-refractivity contribution is -0.147. The monoisotopic (exact) mass is 416 g/mol. The fourth-order valence-corrected chi connectivity index (χ4v) is 3.09. The molecule has 0 unspecified atom stereocenters. The van der Waals surface area contributed by atoms with Crippen molar-refractivity contribution in [2.24, 2.45) is 0 Å². The fraction of sp³-hybridized carbons (Fsp3) is 0.120. The molecule has 6 heteroatoms. The van der Waals surface area contributed by atoms with E-state index in [-0.39, 0.29) is 18.6 Å². The molecule has 0 amide bonds. The number of methoxy groups -OCH3 is 1. The van der Waals surface area contributed by atoms with E-state index < -0.39 is 5.97 Å². The third kappa shape index (κ3) is 4.75. The van der Waals surface area contributed by atoms with Crippen LogP contribution in [0.15, 0.2) is 88.3 Å². The number of fused-ring (bicyclic) bond motifs is 1. The first-order valence-electron chi connectivity index (χ1n) is 9.66. The van der Waals surface area contributed by atoms with Gasteiger partial charge in [-0.15, -0.1) is 0 Å².